The average molecular weight is 267 g/mol. The minimum absolute atomic E-state index is 0.164. The van der Waals surface area contributed by atoms with Gasteiger partial charge < -0.3 is 10.9 Å². The van der Waals surface area contributed by atoms with E-state index in [9.17, 15) is 0 Å². The van der Waals surface area contributed by atoms with Crippen LogP contribution in [0.2, 0.25) is 0 Å². The Labute approximate surface area is 118 Å². The van der Waals surface area contributed by atoms with Gasteiger partial charge in [-0.05, 0) is 16.7 Å². The van der Waals surface area contributed by atoms with E-state index in [0.29, 0.717) is 0 Å². The van der Waals surface area contributed by atoms with Crippen LogP contribution < -0.4 is 5.73 Å². The summed E-state index contributed by atoms with van der Waals surface area (Å²) in [4.78, 5) is 2.36. The zero-order chi connectivity index (χ0) is 13.9. The summed E-state index contributed by atoms with van der Waals surface area (Å²) in [7, 11) is 0. The van der Waals surface area contributed by atoms with Gasteiger partial charge >= 0.3 is 0 Å². The molecule has 3 rings (SSSR count). The third kappa shape index (κ3) is 2.38. The molecule has 0 unspecified atom stereocenters. The quantitative estimate of drug-likeness (QED) is 0.388. The van der Waals surface area contributed by atoms with Gasteiger partial charge in [-0.1, -0.05) is 53.7 Å². The third-order valence-electron chi connectivity index (χ3n) is 3.70. The maximum Gasteiger partial charge on any atom is 0.170 e. The summed E-state index contributed by atoms with van der Waals surface area (Å²) in [5.41, 5.74) is 10.4. The number of nitrogens with two attached hydrogens (primary N) is 1. The molecule has 0 saturated heterocycles. The predicted octanol–water partition coefficient (Wildman–Crippen LogP) is 2.30. The number of benzene rings is 2. The second-order valence-corrected chi connectivity index (χ2v) is 5.06. The Morgan fingerprint density at radius 3 is 2.30 bits per heavy atom. The Morgan fingerprint density at radius 1 is 1.05 bits per heavy atom. The van der Waals surface area contributed by atoms with Crippen LogP contribution in [0.3, 0.4) is 0 Å². The molecule has 0 atom stereocenters. The van der Waals surface area contributed by atoms with Crippen molar-refractivity contribution in [3.63, 3.8) is 0 Å². The molecule has 102 valence electrons. The van der Waals surface area contributed by atoms with E-state index in [4.69, 9.17) is 10.9 Å². The highest BCUT2D eigenvalue weighted by molar-refractivity contribution is 5.98. The number of hydrogen-bond donors (Lipinski definition) is 2. The second-order valence-electron chi connectivity index (χ2n) is 5.06. The molecule has 0 saturated carbocycles. The molecule has 1 aliphatic heterocycles. The number of oxime groups is 1. The van der Waals surface area contributed by atoms with Crippen LogP contribution in [0, 0.1) is 0 Å². The smallest absolute Gasteiger partial charge is 0.170 e. The zero-order valence-corrected chi connectivity index (χ0v) is 11.2. The van der Waals surface area contributed by atoms with Gasteiger partial charge in [0.15, 0.2) is 5.84 Å². The molecular weight excluding hydrogens is 250 g/mol. The fourth-order valence-corrected chi connectivity index (χ4v) is 2.72. The minimum Gasteiger partial charge on any atom is -0.409 e. The molecule has 0 aliphatic carbocycles. The lowest BCUT2D eigenvalue weighted by molar-refractivity contribution is 0.275. The van der Waals surface area contributed by atoms with E-state index in [0.717, 1.165) is 30.8 Å². The standard InChI is InChI=1S/C16H17N3O/c17-16(18-20)15-8-4-3-7-14(15)11-19-9-12-5-1-2-6-13(12)10-19/h1-8,20H,9-11H2,(H2,17,18). The molecule has 0 spiro atoms. The molecule has 2 aromatic carbocycles. The van der Waals surface area contributed by atoms with Gasteiger partial charge in [0, 0.05) is 25.2 Å². The summed E-state index contributed by atoms with van der Waals surface area (Å²) in [5, 5.41) is 12.0. The van der Waals surface area contributed by atoms with Crippen LogP contribution in [-0.4, -0.2) is 15.9 Å². The van der Waals surface area contributed by atoms with Gasteiger partial charge in [0.2, 0.25) is 0 Å². The first-order chi connectivity index (χ1) is 9.78. The summed E-state index contributed by atoms with van der Waals surface area (Å²) in [6.07, 6.45) is 0. The third-order valence-corrected chi connectivity index (χ3v) is 3.70. The van der Waals surface area contributed by atoms with Crippen molar-refractivity contribution in [2.45, 2.75) is 19.6 Å². The molecule has 0 fully saturated rings. The SMILES string of the molecule is NC(=NO)c1ccccc1CN1Cc2ccccc2C1. The van der Waals surface area contributed by atoms with Crippen LogP contribution in [0.5, 0.6) is 0 Å². The molecule has 1 aliphatic rings. The average Bonchev–Trinajstić information content (AvgIpc) is 2.89. The van der Waals surface area contributed by atoms with Gasteiger partial charge in [-0.2, -0.15) is 0 Å². The fraction of sp³-hybridized carbons (Fsp3) is 0.188. The Balaban J connectivity index is 1.81. The van der Waals surface area contributed by atoms with Crippen molar-refractivity contribution in [3.05, 3.63) is 70.8 Å². The number of rotatable bonds is 3. The van der Waals surface area contributed by atoms with Crippen molar-refractivity contribution in [2.24, 2.45) is 10.9 Å². The van der Waals surface area contributed by atoms with E-state index in [-0.39, 0.29) is 5.84 Å². The maximum absolute atomic E-state index is 8.86. The van der Waals surface area contributed by atoms with Crippen molar-refractivity contribution in [3.8, 4) is 0 Å². The monoisotopic (exact) mass is 267 g/mol. The first kappa shape index (κ1) is 12.7. The number of fused-ring (bicyclic) bond motifs is 1. The van der Waals surface area contributed by atoms with Crippen molar-refractivity contribution in [2.75, 3.05) is 0 Å². The minimum atomic E-state index is 0.164. The molecule has 0 radical (unpaired) electrons. The van der Waals surface area contributed by atoms with E-state index < -0.39 is 0 Å². The topological polar surface area (TPSA) is 61.9 Å². The first-order valence-corrected chi connectivity index (χ1v) is 6.63. The molecule has 3 N–H and O–H groups in total. The summed E-state index contributed by atoms with van der Waals surface area (Å²) >= 11 is 0. The van der Waals surface area contributed by atoms with Crippen LogP contribution in [0.1, 0.15) is 22.3 Å². The molecule has 0 bridgehead atoms. The molecule has 0 amide bonds. The lowest BCUT2D eigenvalue weighted by atomic mass is 10.1. The Bertz CT molecular complexity index is 627. The number of nitrogens with zero attached hydrogens (tertiary/aromatic N) is 2. The number of hydrogen-bond acceptors (Lipinski definition) is 3. The highest BCUT2D eigenvalue weighted by Gasteiger charge is 2.19. The van der Waals surface area contributed by atoms with Crippen LogP contribution in [0.15, 0.2) is 53.7 Å². The zero-order valence-electron chi connectivity index (χ0n) is 11.2. The molecule has 20 heavy (non-hydrogen) atoms. The number of amidine groups is 1. The molecule has 4 heteroatoms. The summed E-state index contributed by atoms with van der Waals surface area (Å²) in [5.74, 6) is 0.164. The van der Waals surface area contributed by atoms with E-state index >= 15 is 0 Å². The van der Waals surface area contributed by atoms with Crippen LogP contribution in [0.4, 0.5) is 0 Å². The Hall–Kier alpha value is -2.33. The second kappa shape index (κ2) is 5.35. The summed E-state index contributed by atoms with van der Waals surface area (Å²) < 4.78 is 0. The van der Waals surface area contributed by atoms with Gasteiger partial charge in [0.1, 0.15) is 0 Å². The molecule has 4 nitrogen and oxygen atoms in total. The van der Waals surface area contributed by atoms with Crippen molar-refractivity contribution in [1.82, 2.24) is 4.90 Å². The highest BCUT2D eigenvalue weighted by atomic mass is 16.4. The molecule has 1 heterocycles. The summed E-state index contributed by atoms with van der Waals surface area (Å²) in [6, 6.07) is 16.3. The Kier molecular flexibility index (Phi) is 3.39. The Morgan fingerprint density at radius 2 is 1.65 bits per heavy atom. The predicted molar refractivity (Wildman–Crippen MR) is 78.3 cm³/mol. The van der Waals surface area contributed by atoms with E-state index in [2.05, 4.69) is 34.3 Å². The fourth-order valence-electron chi connectivity index (χ4n) is 2.72. The van der Waals surface area contributed by atoms with Gasteiger partial charge in [-0.25, -0.2) is 0 Å². The lowest BCUT2D eigenvalue weighted by Crippen LogP contribution is -2.21. The van der Waals surface area contributed by atoms with E-state index in [1.165, 1.54) is 11.1 Å². The van der Waals surface area contributed by atoms with Gasteiger partial charge in [0.05, 0.1) is 0 Å². The van der Waals surface area contributed by atoms with Gasteiger partial charge in [0.25, 0.3) is 0 Å². The van der Waals surface area contributed by atoms with Gasteiger partial charge in [-0.3, -0.25) is 4.90 Å². The molecular formula is C16H17N3O. The normalized spacial score (nSPS) is 15.3. The van der Waals surface area contributed by atoms with Crippen LogP contribution in [-0.2, 0) is 19.6 Å². The lowest BCUT2D eigenvalue weighted by Gasteiger charge is -2.17. The molecule has 0 aromatic heterocycles. The van der Waals surface area contributed by atoms with E-state index in [1.807, 2.05) is 24.3 Å². The van der Waals surface area contributed by atoms with Crippen molar-refractivity contribution >= 4 is 5.84 Å². The van der Waals surface area contributed by atoms with Crippen molar-refractivity contribution < 1.29 is 5.21 Å². The largest absolute Gasteiger partial charge is 0.409 e. The molecule has 2 aromatic rings. The van der Waals surface area contributed by atoms with Crippen LogP contribution >= 0.6 is 0 Å². The van der Waals surface area contributed by atoms with Gasteiger partial charge in [-0.15, -0.1) is 0 Å². The highest BCUT2D eigenvalue weighted by Crippen LogP contribution is 2.24. The van der Waals surface area contributed by atoms with Crippen LogP contribution in [0.25, 0.3) is 0 Å². The van der Waals surface area contributed by atoms with Crippen molar-refractivity contribution in [1.29, 1.82) is 0 Å². The van der Waals surface area contributed by atoms with E-state index in [1.54, 1.807) is 0 Å². The summed E-state index contributed by atoms with van der Waals surface area (Å²) in [6.45, 7) is 2.68. The maximum atomic E-state index is 8.86. The first-order valence-electron chi connectivity index (χ1n) is 6.63.